The predicted octanol–water partition coefficient (Wildman–Crippen LogP) is 2.90. The number of benzene rings is 1. The molecule has 1 aromatic rings. The van der Waals surface area contributed by atoms with Crippen molar-refractivity contribution >= 4 is 11.8 Å². The van der Waals surface area contributed by atoms with Crippen LogP contribution in [0, 0.1) is 21.7 Å². The fraction of sp³-hybridized carbons (Fsp3) is 0.417. The molecule has 8 heteroatoms. The van der Waals surface area contributed by atoms with Crippen molar-refractivity contribution in [3.63, 3.8) is 0 Å². The first-order valence-electron chi connectivity index (χ1n) is 5.69. The molecule has 0 aliphatic heterocycles. The zero-order chi connectivity index (χ0) is 15.5. The van der Waals surface area contributed by atoms with Crippen LogP contribution in [0.3, 0.4) is 0 Å². The van der Waals surface area contributed by atoms with Crippen LogP contribution in [0.5, 0.6) is 0 Å². The van der Waals surface area contributed by atoms with Gasteiger partial charge in [0.2, 0.25) is 5.82 Å². The summed E-state index contributed by atoms with van der Waals surface area (Å²) in [6, 6.07) is 1.15. The lowest BCUT2D eigenvalue weighted by Crippen LogP contribution is -2.32. The molecular formula is C12H14F2N2O4. The average molecular weight is 288 g/mol. The zero-order valence-corrected chi connectivity index (χ0v) is 11.2. The molecule has 110 valence electrons. The quantitative estimate of drug-likeness (QED) is 0.685. The van der Waals surface area contributed by atoms with Crippen molar-refractivity contribution in [2.45, 2.75) is 32.9 Å². The number of carbonyl (C=O) groups is 1. The maximum atomic E-state index is 13.4. The average Bonchev–Trinajstić information content (AvgIpc) is 2.24. The van der Waals surface area contributed by atoms with Gasteiger partial charge in [-0.25, -0.2) is 9.18 Å². The number of carbonyl (C=O) groups excluding carboxylic acids is 1. The van der Waals surface area contributed by atoms with Crippen LogP contribution in [-0.4, -0.2) is 16.6 Å². The first-order valence-corrected chi connectivity index (χ1v) is 5.69. The van der Waals surface area contributed by atoms with Gasteiger partial charge < -0.3 is 10.1 Å². The molecule has 0 saturated carbocycles. The maximum Gasteiger partial charge on any atom is 0.407 e. The number of ether oxygens (including phenoxy) is 1. The smallest absolute Gasteiger partial charge is 0.407 e. The van der Waals surface area contributed by atoms with E-state index in [1.165, 1.54) is 0 Å². The van der Waals surface area contributed by atoms with E-state index in [2.05, 4.69) is 5.32 Å². The Morgan fingerprint density at radius 3 is 2.45 bits per heavy atom. The van der Waals surface area contributed by atoms with Gasteiger partial charge in [0, 0.05) is 24.2 Å². The summed E-state index contributed by atoms with van der Waals surface area (Å²) in [6.45, 7) is 4.60. The Labute approximate surface area is 113 Å². The number of nitrogens with zero attached hydrogens (tertiary/aromatic N) is 1. The molecule has 0 aliphatic carbocycles. The topological polar surface area (TPSA) is 81.5 Å². The number of hydrogen-bond acceptors (Lipinski definition) is 4. The Bertz CT molecular complexity index is 541. The van der Waals surface area contributed by atoms with E-state index >= 15 is 0 Å². The summed E-state index contributed by atoms with van der Waals surface area (Å²) < 4.78 is 31.5. The summed E-state index contributed by atoms with van der Waals surface area (Å²) in [5, 5.41) is 12.8. The molecule has 0 fully saturated rings. The molecule has 0 radical (unpaired) electrons. The number of alkyl carbamates (subject to hydrolysis) is 1. The highest BCUT2D eigenvalue weighted by Crippen LogP contribution is 2.21. The van der Waals surface area contributed by atoms with Gasteiger partial charge in [-0.3, -0.25) is 10.1 Å². The highest BCUT2D eigenvalue weighted by Gasteiger charge is 2.20. The Morgan fingerprint density at radius 2 is 1.95 bits per heavy atom. The summed E-state index contributed by atoms with van der Waals surface area (Å²) in [5.74, 6) is -2.25. The van der Waals surface area contributed by atoms with Crippen LogP contribution in [0.15, 0.2) is 12.1 Å². The van der Waals surface area contributed by atoms with Gasteiger partial charge in [0.1, 0.15) is 11.4 Å². The van der Waals surface area contributed by atoms with Gasteiger partial charge in [0.25, 0.3) is 0 Å². The van der Waals surface area contributed by atoms with Crippen LogP contribution in [-0.2, 0) is 11.3 Å². The molecule has 20 heavy (non-hydrogen) atoms. The molecule has 6 nitrogen and oxygen atoms in total. The predicted molar refractivity (Wildman–Crippen MR) is 66.1 cm³/mol. The fourth-order valence-electron chi connectivity index (χ4n) is 1.34. The molecule has 1 rings (SSSR count). The van der Waals surface area contributed by atoms with Crippen LogP contribution < -0.4 is 5.32 Å². The van der Waals surface area contributed by atoms with Crippen molar-refractivity contribution in [1.82, 2.24) is 5.32 Å². The number of nitro benzene ring substituents is 1. The van der Waals surface area contributed by atoms with Crippen molar-refractivity contribution in [3.8, 4) is 0 Å². The van der Waals surface area contributed by atoms with Crippen LogP contribution >= 0.6 is 0 Å². The van der Waals surface area contributed by atoms with E-state index in [1.807, 2.05) is 0 Å². The third-order valence-electron chi connectivity index (χ3n) is 2.13. The molecule has 0 spiro atoms. The van der Waals surface area contributed by atoms with Gasteiger partial charge in [0.05, 0.1) is 4.92 Å². The third kappa shape index (κ3) is 4.45. The molecular weight excluding hydrogens is 274 g/mol. The van der Waals surface area contributed by atoms with Crippen LogP contribution in [0.25, 0.3) is 0 Å². The van der Waals surface area contributed by atoms with Crippen molar-refractivity contribution < 1.29 is 23.2 Å². The van der Waals surface area contributed by atoms with Crippen molar-refractivity contribution in [3.05, 3.63) is 39.4 Å². The summed E-state index contributed by atoms with van der Waals surface area (Å²) in [6.07, 6.45) is -0.802. The molecule has 0 aliphatic rings. The van der Waals surface area contributed by atoms with Crippen molar-refractivity contribution in [2.24, 2.45) is 0 Å². The number of amides is 1. The summed E-state index contributed by atoms with van der Waals surface area (Å²) in [4.78, 5) is 20.9. The number of rotatable bonds is 3. The van der Waals surface area contributed by atoms with E-state index in [0.29, 0.717) is 6.07 Å². The molecule has 0 aromatic heterocycles. The minimum absolute atomic E-state index is 0.205. The Balaban J connectivity index is 2.81. The zero-order valence-electron chi connectivity index (χ0n) is 11.2. The second-order valence-electron chi connectivity index (χ2n) is 5.01. The van der Waals surface area contributed by atoms with Gasteiger partial charge in [-0.15, -0.1) is 0 Å². The van der Waals surface area contributed by atoms with E-state index in [-0.39, 0.29) is 12.1 Å². The Kier molecular flexibility index (Phi) is 4.59. The van der Waals surface area contributed by atoms with E-state index in [4.69, 9.17) is 4.74 Å². The molecule has 0 heterocycles. The van der Waals surface area contributed by atoms with E-state index in [1.54, 1.807) is 20.8 Å². The highest BCUT2D eigenvalue weighted by atomic mass is 19.1. The molecule has 0 atom stereocenters. The van der Waals surface area contributed by atoms with E-state index < -0.39 is 33.9 Å². The minimum atomic E-state index is -1.27. The standard InChI is InChI=1S/C12H14F2N2O4/c1-12(2,3)20-11(17)15-6-7-4-10(16(18)19)9(14)5-8(7)13/h4-5H,6H2,1-3H3,(H,15,17). The summed E-state index contributed by atoms with van der Waals surface area (Å²) in [7, 11) is 0. The van der Waals surface area contributed by atoms with Gasteiger partial charge in [-0.05, 0) is 20.8 Å². The van der Waals surface area contributed by atoms with E-state index in [0.717, 1.165) is 6.07 Å². The van der Waals surface area contributed by atoms with E-state index in [9.17, 15) is 23.7 Å². The lowest BCUT2D eigenvalue weighted by Gasteiger charge is -2.19. The lowest BCUT2D eigenvalue weighted by atomic mass is 10.2. The van der Waals surface area contributed by atoms with Crippen LogP contribution in [0.2, 0.25) is 0 Å². The molecule has 0 unspecified atom stereocenters. The first-order chi connectivity index (χ1) is 9.10. The molecule has 1 aromatic carbocycles. The minimum Gasteiger partial charge on any atom is -0.444 e. The van der Waals surface area contributed by atoms with Gasteiger partial charge in [-0.2, -0.15) is 4.39 Å². The van der Waals surface area contributed by atoms with Crippen LogP contribution in [0.1, 0.15) is 26.3 Å². The SMILES string of the molecule is CC(C)(C)OC(=O)NCc1cc([N+](=O)[O-])c(F)cc1F. The van der Waals surface area contributed by atoms with Gasteiger partial charge >= 0.3 is 11.8 Å². The molecule has 1 amide bonds. The summed E-state index contributed by atoms with van der Waals surface area (Å²) in [5.41, 5.74) is -1.78. The fourth-order valence-corrected chi connectivity index (χ4v) is 1.34. The monoisotopic (exact) mass is 288 g/mol. The third-order valence-corrected chi connectivity index (χ3v) is 2.13. The second kappa shape index (κ2) is 5.81. The number of nitrogens with one attached hydrogen (secondary N) is 1. The van der Waals surface area contributed by atoms with Crippen molar-refractivity contribution in [2.75, 3.05) is 0 Å². The van der Waals surface area contributed by atoms with Crippen LogP contribution in [0.4, 0.5) is 19.3 Å². The molecule has 1 N–H and O–H groups in total. The molecule has 0 saturated heterocycles. The summed E-state index contributed by atoms with van der Waals surface area (Å²) >= 11 is 0. The Hall–Kier alpha value is -2.25. The number of hydrogen-bond donors (Lipinski definition) is 1. The largest absolute Gasteiger partial charge is 0.444 e. The first kappa shape index (κ1) is 15.8. The molecule has 0 bridgehead atoms. The van der Waals surface area contributed by atoms with Gasteiger partial charge in [0.15, 0.2) is 0 Å². The normalized spacial score (nSPS) is 11.1. The maximum absolute atomic E-state index is 13.4. The highest BCUT2D eigenvalue weighted by molar-refractivity contribution is 5.67. The lowest BCUT2D eigenvalue weighted by molar-refractivity contribution is -0.387. The Morgan fingerprint density at radius 1 is 1.35 bits per heavy atom. The number of halogens is 2. The second-order valence-corrected chi connectivity index (χ2v) is 5.01. The van der Waals surface area contributed by atoms with Crippen molar-refractivity contribution in [1.29, 1.82) is 0 Å². The van der Waals surface area contributed by atoms with Gasteiger partial charge in [-0.1, -0.05) is 0 Å². The number of nitro groups is 1.